The van der Waals surface area contributed by atoms with Gasteiger partial charge in [-0.3, -0.25) is 0 Å². The average Bonchev–Trinajstić information content (AvgIpc) is 2.84. The molecular weight excluding hydrogens is 470 g/mol. The fraction of sp³-hybridized carbons (Fsp3) is 1.00. The van der Waals surface area contributed by atoms with Gasteiger partial charge in [0.25, 0.3) is 0 Å². The Bertz CT molecular complexity index is 609. The molecule has 1 heterocycles. The third-order valence-corrected chi connectivity index (χ3v) is 8.76. The first kappa shape index (κ1) is 29.1. The maximum atomic E-state index is 14.9. The highest BCUT2D eigenvalue weighted by molar-refractivity contribution is 4.94. The molecular formula is C27H44F6O2. The molecule has 35 heavy (non-hydrogen) atoms. The van der Waals surface area contributed by atoms with Crippen LogP contribution in [0.15, 0.2) is 0 Å². The second-order valence-electron chi connectivity index (χ2n) is 11.2. The summed E-state index contributed by atoms with van der Waals surface area (Å²) in [5.41, 5.74) is 0. The number of rotatable bonds is 5. The fourth-order valence-electron chi connectivity index (χ4n) is 6.67. The lowest BCUT2D eigenvalue weighted by atomic mass is 9.70. The maximum absolute atomic E-state index is 14.9. The summed E-state index contributed by atoms with van der Waals surface area (Å²) in [5, 5.41) is 0. The van der Waals surface area contributed by atoms with Crippen molar-refractivity contribution in [3.8, 4) is 0 Å². The molecule has 0 spiro atoms. The summed E-state index contributed by atoms with van der Waals surface area (Å²) in [4.78, 5) is 0. The number of ether oxygens (including phenoxy) is 2. The van der Waals surface area contributed by atoms with Crippen LogP contribution in [0.25, 0.3) is 0 Å². The highest BCUT2D eigenvalue weighted by atomic mass is 19.3. The van der Waals surface area contributed by atoms with Gasteiger partial charge >= 0.3 is 6.11 Å². The molecule has 0 radical (unpaired) electrons. The van der Waals surface area contributed by atoms with Crippen molar-refractivity contribution in [2.24, 2.45) is 29.6 Å². The summed E-state index contributed by atoms with van der Waals surface area (Å²) >= 11 is 0. The van der Waals surface area contributed by atoms with Crippen molar-refractivity contribution in [1.82, 2.24) is 0 Å². The normalized spacial score (nSPS) is 45.3. The molecule has 8 heteroatoms. The van der Waals surface area contributed by atoms with Crippen LogP contribution >= 0.6 is 0 Å². The van der Waals surface area contributed by atoms with Crippen molar-refractivity contribution in [1.29, 1.82) is 0 Å². The molecule has 1 saturated heterocycles. The molecule has 0 bridgehead atoms. The second-order valence-corrected chi connectivity index (χ2v) is 11.2. The van der Waals surface area contributed by atoms with Gasteiger partial charge in [0.1, 0.15) is 18.5 Å². The predicted octanol–water partition coefficient (Wildman–Crippen LogP) is 8.17. The first-order valence-electron chi connectivity index (χ1n) is 13.9. The third-order valence-electron chi connectivity index (χ3n) is 8.76. The van der Waals surface area contributed by atoms with Crippen LogP contribution in [0.4, 0.5) is 26.3 Å². The molecule has 0 amide bonds. The summed E-state index contributed by atoms with van der Waals surface area (Å²) in [6.07, 6.45) is -7.49. The molecule has 2 nitrogen and oxygen atoms in total. The topological polar surface area (TPSA) is 18.5 Å². The summed E-state index contributed by atoms with van der Waals surface area (Å²) in [5.74, 6) is -1.24. The van der Waals surface area contributed by atoms with Gasteiger partial charge in [-0.05, 0) is 87.9 Å². The van der Waals surface area contributed by atoms with Crippen molar-refractivity contribution in [3.63, 3.8) is 0 Å². The van der Waals surface area contributed by atoms with Crippen molar-refractivity contribution in [2.45, 2.75) is 134 Å². The van der Waals surface area contributed by atoms with E-state index in [9.17, 15) is 26.3 Å². The Morgan fingerprint density at radius 2 is 1.34 bits per heavy atom. The fourth-order valence-corrected chi connectivity index (χ4v) is 6.67. The molecule has 4 aliphatic rings. The van der Waals surface area contributed by atoms with Crippen molar-refractivity contribution in [3.05, 3.63) is 0 Å². The smallest absolute Gasteiger partial charge is 0.358 e. The lowest BCUT2D eigenvalue weighted by molar-refractivity contribution is -0.305. The molecule has 0 N–H and O–H groups in total. The largest absolute Gasteiger partial charge is 0.378 e. The summed E-state index contributed by atoms with van der Waals surface area (Å²) < 4.78 is 96.7. The molecule has 1 aliphatic heterocycles. The molecule has 0 aromatic heterocycles. The minimum Gasteiger partial charge on any atom is -0.378 e. The van der Waals surface area contributed by atoms with Crippen molar-refractivity contribution >= 4 is 0 Å². The van der Waals surface area contributed by atoms with Gasteiger partial charge in [-0.2, -0.15) is 8.78 Å². The zero-order chi connectivity index (χ0) is 25.8. The van der Waals surface area contributed by atoms with E-state index in [1.54, 1.807) is 0 Å². The standard InChI is InChI=1S/C25H38F6O2.C2H6/c1-14-2-9-23(32-13-14)15-3-5-17(6-4-15)25(30,31)33-18-7-8-19(20(26)12-18)16-10-21(27)24(29)22(28)11-16;1-2/h14-24H,2-13H2,1H3;1-2H3. The van der Waals surface area contributed by atoms with Crippen LogP contribution in [0, 0.1) is 29.6 Å². The molecule has 0 aromatic rings. The molecule has 4 fully saturated rings. The van der Waals surface area contributed by atoms with E-state index in [-0.39, 0.29) is 38.2 Å². The molecule has 7 atom stereocenters. The number of alkyl halides is 6. The Hall–Kier alpha value is -0.500. The second kappa shape index (κ2) is 12.8. The molecule has 7 unspecified atom stereocenters. The zero-order valence-electron chi connectivity index (χ0n) is 21.4. The Morgan fingerprint density at radius 1 is 0.714 bits per heavy atom. The van der Waals surface area contributed by atoms with E-state index in [2.05, 4.69) is 6.92 Å². The maximum Gasteiger partial charge on any atom is 0.358 e. The van der Waals surface area contributed by atoms with Gasteiger partial charge in [0.15, 0.2) is 6.17 Å². The highest BCUT2D eigenvalue weighted by Gasteiger charge is 2.49. The van der Waals surface area contributed by atoms with Gasteiger partial charge in [0, 0.05) is 13.0 Å². The Morgan fingerprint density at radius 3 is 1.89 bits per heavy atom. The van der Waals surface area contributed by atoms with E-state index in [4.69, 9.17) is 9.47 Å². The van der Waals surface area contributed by atoms with Gasteiger partial charge in [0.05, 0.1) is 18.1 Å². The van der Waals surface area contributed by atoms with E-state index in [0.717, 1.165) is 19.4 Å². The van der Waals surface area contributed by atoms with E-state index in [0.29, 0.717) is 37.5 Å². The van der Waals surface area contributed by atoms with Gasteiger partial charge < -0.3 is 9.47 Å². The molecule has 3 aliphatic carbocycles. The van der Waals surface area contributed by atoms with E-state index in [1.165, 1.54) is 0 Å². The van der Waals surface area contributed by atoms with Crippen LogP contribution in [0.5, 0.6) is 0 Å². The van der Waals surface area contributed by atoms with Crippen LogP contribution in [0.3, 0.4) is 0 Å². The third kappa shape index (κ3) is 7.30. The van der Waals surface area contributed by atoms with Crippen LogP contribution in [0.2, 0.25) is 0 Å². The Labute approximate surface area is 206 Å². The summed E-state index contributed by atoms with van der Waals surface area (Å²) in [7, 11) is 0. The minimum absolute atomic E-state index is 0.166. The SMILES string of the molecule is CC.CC1CCC(C2CCC(C(F)(F)OC3CCC(C4CC(F)C(F)C(F)C4)C(F)C3)CC2)OC1. The van der Waals surface area contributed by atoms with Gasteiger partial charge in [0.2, 0.25) is 0 Å². The zero-order valence-corrected chi connectivity index (χ0v) is 21.4. The highest BCUT2D eigenvalue weighted by Crippen LogP contribution is 2.46. The lowest BCUT2D eigenvalue weighted by Gasteiger charge is -2.42. The van der Waals surface area contributed by atoms with E-state index >= 15 is 0 Å². The quantitative estimate of drug-likeness (QED) is 0.345. The number of halogens is 6. The molecule has 4 rings (SSSR count). The van der Waals surface area contributed by atoms with Crippen molar-refractivity contribution in [2.75, 3.05) is 6.61 Å². The molecule has 3 saturated carbocycles. The first-order valence-corrected chi connectivity index (χ1v) is 13.9. The minimum atomic E-state index is -3.31. The number of hydrogen-bond donors (Lipinski definition) is 0. The summed E-state index contributed by atoms with van der Waals surface area (Å²) in [6, 6.07) is 0. The van der Waals surface area contributed by atoms with Crippen molar-refractivity contribution < 1.29 is 35.8 Å². The van der Waals surface area contributed by atoms with E-state index < -0.39 is 54.7 Å². The molecule has 0 aromatic carbocycles. The van der Waals surface area contributed by atoms with Crippen LogP contribution < -0.4 is 0 Å². The first-order chi connectivity index (χ1) is 16.6. The predicted molar refractivity (Wildman–Crippen MR) is 124 cm³/mol. The van der Waals surface area contributed by atoms with Gasteiger partial charge in [-0.1, -0.05) is 20.8 Å². The van der Waals surface area contributed by atoms with Crippen LogP contribution in [0.1, 0.15) is 91.4 Å². The van der Waals surface area contributed by atoms with E-state index in [1.807, 2.05) is 13.8 Å². The number of hydrogen-bond acceptors (Lipinski definition) is 2. The van der Waals surface area contributed by atoms with Crippen LogP contribution in [-0.2, 0) is 9.47 Å². The van der Waals surface area contributed by atoms with Gasteiger partial charge in [-0.25, -0.2) is 17.6 Å². The lowest BCUT2D eigenvalue weighted by Crippen LogP contribution is -2.45. The average molecular weight is 515 g/mol. The Kier molecular flexibility index (Phi) is 10.7. The monoisotopic (exact) mass is 514 g/mol. The van der Waals surface area contributed by atoms with Gasteiger partial charge in [-0.15, -0.1) is 0 Å². The molecule has 206 valence electrons. The summed E-state index contributed by atoms with van der Waals surface area (Å²) in [6.45, 7) is 6.90. The Balaban J connectivity index is 0.00000167. The van der Waals surface area contributed by atoms with Crippen LogP contribution in [-0.4, -0.2) is 49.6 Å².